The molecule has 4 nitrogen and oxygen atoms in total. The van der Waals surface area contributed by atoms with E-state index >= 15 is 0 Å². The second kappa shape index (κ2) is 4.12. The van der Waals surface area contributed by atoms with Crippen molar-refractivity contribution in [2.45, 2.75) is 25.7 Å². The Kier molecular flexibility index (Phi) is 2.89. The number of rotatable bonds is 2. The number of nitrogens with zero attached hydrogens (tertiary/aromatic N) is 1. The van der Waals surface area contributed by atoms with E-state index in [1.54, 1.807) is 11.9 Å². The molecule has 0 saturated heterocycles. The second-order valence-corrected chi connectivity index (χ2v) is 5.09. The number of hydrogen-bond acceptors (Lipinski definition) is 3. The fourth-order valence-electron chi connectivity index (χ4n) is 2.37. The molecule has 1 amide bonds. The van der Waals surface area contributed by atoms with Gasteiger partial charge in [-0.1, -0.05) is 12.1 Å². The Balaban J connectivity index is 2.42. The van der Waals surface area contributed by atoms with Crippen molar-refractivity contribution in [3.8, 4) is 0 Å². The van der Waals surface area contributed by atoms with Crippen LogP contribution in [0.25, 0.3) is 0 Å². The van der Waals surface area contributed by atoms with E-state index in [2.05, 4.69) is 4.74 Å². The van der Waals surface area contributed by atoms with Crippen LogP contribution in [0.15, 0.2) is 18.2 Å². The topological polar surface area (TPSA) is 46.6 Å². The maximum absolute atomic E-state index is 12.1. The van der Waals surface area contributed by atoms with E-state index in [0.717, 1.165) is 16.8 Å². The monoisotopic (exact) mass is 247 g/mol. The quantitative estimate of drug-likeness (QED) is 0.747. The van der Waals surface area contributed by atoms with Crippen LogP contribution in [0.2, 0.25) is 0 Å². The molecule has 1 heterocycles. The average molecular weight is 247 g/mol. The van der Waals surface area contributed by atoms with Crippen LogP contribution < -0.4 is 4.90 Å². The molecule has 0 spiro atoms. The summed E-state index contributed by atoms with van der Waals surface area (Å²) in [5.74, 6) is -0.196. The Labute approximate surface area is 107 Å². The summed E-state index contributed by atoms with van der Waals surface area (Å²) < 4.78 is 4.65. The van der Waals surface area contributed by atoms with Crippen LogP contribution in [-0.2, 0) is 26.2 Å². The summed E-state index contributed by atoms with van der Waals surface area (Å²) in [5.41, 5.74) is 2.22. The van der Waals surface area contributed by atoms with Crippen LogP contribution >= 0.6 is 0 Å². The van der Waals surface area contributed by atoms with E-state index in [1.165, 1.54) is 7.11 Å². The minimum atomic E-state index is -0.532. The number of carbonyl (C=O) groups excluding carboxylic acids is 2. The molecule has 1 aromatic carbocycles. The molecule has 2 rings (SSSR count). The first-order valence-electron chi connectivity index (χ1n) is 5.86. The molecule has 0 atom stereocenters. The van der Waals surface area contributed by atoms with Gasteiger partial charge in [-0.25, -0.2) is 0 Å². The van der Waals surface area contributed by atoms with E-state index in [4.69, 9.17) is 0 Å². The van der Waals surface area contributed by atoms with Crippen molar-refractivity contribution in [1.82, 2.24) is 0 Å². The standard InChI is InChI=1S/C14H17NO3/c1-14(2)10-7-9(8-12(16)18-4)5-6-11(10)15(3)13(14)17/h5-7H,8H2,1-4H3. The first-order chi connectivity index (χ1) is 8.37. The molecule has 0 unspecified atom stereocenters. The maximum atomic E-state index is 12.1. The lowest BCUT2D eigenvalue weighted by Crippen LogP contribution is -2.33. The fraction of sp³-hybridized carbons (Fsp3) is 0.429. The van der Waals surface area contributed by atoms with Gasteiger partial charge in [0.1, 0.15) is 0 Å². The smallest absolute Gasteiger partial charge is 0.309 e. The van der Waals surface area contributed by atoms with E-state index in [-0.39, 0.29) is 18.3 Å². The first kappa shape index (κ1) is 12.6. The zero-order valence-corrected chi connectivity index (χ0v) is 11.1. The predicted molar refractivity (Wildman–Crippen MR) is 68.6 cm³/mol. The number of ether oxygens (including phenoxy) is 1. The zero-order chi connectivity index (χ0) is 13.5. The molecular formula is C14H17NO3. The van der Waals surface area contributed by atoms with Crippen molar-refractivity contribution < 1.29 is 14.3 Å². The summed E-state index contributed by atoms with van der Waals surface area (Å²) in [7, 11) is 3.15. The zero-order valence-electron chi connectivity index (χ0n) is 11.1. The Hall–Kier alpha value is -1.84. The van der Waals surface area contributed by atoms with Crippen molar-refractivity contribution in [3.05, 3.63) is 29.3 Å². The van der Waals surface area contributed by atoms with Gasteiger partial charge in [0.2, 0.25) is 5.91 Å². The van der Waals surface area contributed by atoms with Crippen LogP contribution in [0.4, 0.5) is 5.69 Å². The Morgan fingerprint density at radius 3 is 2.67 bits per heavy atom. The summed E-state index contributed by atoms with van der Waals surface area (Å²) >= 11 is 0. The molecule has 0 radical (unpaired) electrons. The number of anilines is 1. The predicted octanol–water partition coefficient (Wildman–Crippen LogP) is 1.66. The number of amides is 1. The van der Waals surface area contributed by atoms with Gasteiger partial charge in [-0.15, -0.1) is 0 Å². The molecule has 0 aliphatic carbocycles. The summed E-state index contributed by atoms with van der Waals surface area (Å²) in [6.07, 6.45) is 0.234. The Morgan fingerprint density at radius 2 is 2.06 bits per heavy atom. The Morgan fingerprint density at radius 1 is 1.39 bits per heavy atom. The third kappa shape index (κ3) is 1.78. The minimum absolute atomic E-state index is 0.0766. The summed E-state index contributed by atoms with van der Waals surface area (Å²) in [4.78, 5) is 25.0. The van der Waals surface area contributed by atoms with E-state index < -0.39 is 5.41 Å². The summed E-state index contributed by atoms with van der Waals surface area (Å²) in [6.45, 7) is 3.80. The molecule has 4 heteroatoms. The highest BCUT2D eigenvalue weighted by Crippen LogP contribution is 2.41. The van der Waals surface area contributed by atoms with Gasteiger partial charge in [-0.3, -0.25) is 9.59 Å². The van der Waals surface area contributed by atoms with Crippen LogP contribution in [0.5, 0.6) is 0 Å². The number of benzene rings is 1. The largest absolute Gasteiger partial charge is 0.469 e. The summed E-state index contributed by atoms with van der Waals surface area (Å²) in [5, 5.41) is 0. The molecule has 1 aliphatic heterocycles. The number of methoxy groups -OCH3 is 1. The highest BCUT2D eigenvalue weighted by atomic mass is 16.5. The van der Waals surface area contributed by atoms with Crippen LogP contribution in [0.3, 0.4) is 0 Å². The average Bonchev–Trinajstić information content (AvgIpc) is 2.51. The molecule has 0 saturated carbocycles. The van der Waals surface area contributed by atoms with E-state index in [1.807, 2.05) is 32.0 Å². The highest BCUT2D eigenvalue weighted by Gasteiger charge is 2.42. The maximum Gasteiger partial charge on any atom is 0.309 e. The van der Waals surface area contributed by atoms with Gasteiger partial charge in [0.25, 0.3) is 0 Å². The molecular weight excluding hydrogens is 230 g/mol. The van der Waals surface area contributed by atoms with Crippen molar-refractivity contribution in [1.29, 1.82) is 0 Å². The van der Waals surface area contributed by atoms with Crippen molar-refractivity contribution in [2.24, 2.45) is 0 Å². The summed E-state index contributed by atoms with van der Waals surface area (Å²) in [6, 6.07) is 5.68. The number of likely N-dealkylation sites (N-methyl/N-ethyl adjacent to an activating group) is 1. The number of fused-ring (bicyclic) bond motifs is 1. The molecule has 96 valence electrons. The number of esters is 1. The van der Waals surface area contributed by atoms with Gasteiger partial charge in [0, 0.05) is 12.7 Å². The van der Waals surface area contributed by atoms with Gasteiger partial charge < -0.3 is 9.64 Å². The van der Waals surface area contributed by atoms with Crippen molar-refractivity contribution in [2.75, 3.05) is 19.1 Å². The molecule has 0 aromatic heterocycles. The molecule has 1 aliphatic rings. The SMILES string of the molecule is COC(=O)Cc1ccc2c(c1)C(C)(C)C(=O)N2C. The lowest BCUT2D eigenvalue weighted by atomic mass is 9.85. The Bertz CT molecular complexity index is 520. The normalized spacial score (nSPS) is 16.7. The minimum Gasteiger partial charge on any atom is -0.469 e. The van der Waals surface area contributed by atoms with E-state index in [9.17, 15) is 9.59 Å². The first-order valence-corrected chi connectivity index (χ1v) is 5.86. The van der Waals surface area contributed by atoms with Gasteiger partial charge in [0.05, 0.1) is 18.9 Å². The van der Waals surface area contributed by atoms with E-state index in [0.29, 0.717) is 0 Å². The van der Waals surface area contributed by atoms with Crippen LogP contribution in [-0.4, -0.2) is 26.0 Å². The second-order valence-electron chi connectivity index (χ2n) is 5.09. The molecule has 0 bridgehead atoms. The number of carbonyl (C=O) groups is 2. The van der Waals surface area contributed by atoms with Crippen LogP contribution in [0.1, 0.15) is 25.0 Å². The van der Waals surface area contributed by atoms with Gasteiger partial charge in [0.15, 0.2) is 0 Å². The molecule has 0 fully saturated rings. The van der Waals surface area contributed by atoms with Gasteiger partial charge >= 0.3 is 5.97 Å². The molecule has 0 N–H and O–H groups in total. The highest BCUT2D eigenvalue weighted by molar-refractivity contribution is 6.07. The molecule has 1 aromatic rings. The van der Waals surface area contributed by atoms with Gasteiger partial charge in [-0.05, 0) is 31.0 Å². The third-order valence-electron chi connectivity index (χ3n) is 3.51. The van der Waals surface area contributed by atoms with Crippen molar-refractivity contribution >= 4 is 17.6 Å². The van der Waals surface area contributed by atoms with Crippen molar-refractivity contribution in [3.63, 3.8) is 0 Å². The molecule has 18 heavy (non-hydrogen) atoms. The lowest BCUT2D eigenvalue weighted by Gasteiger charge is -2.16. The number of hydrogen-bond donors (Lipinski definition) is 0. The third-order valence-corrected chi connectivity index (χ3v) is 3.51. The van der Waals surface area contributed by atoms with Gasteiger partial charge in [-0.2, -0.15) is 0 Å². The lowest BCUT2D eigenvalue weighted by molar-refractivity contribution is -0.139. The van der Waals surface area contributed by atoms with Crippen LogP contribution in [0, 0.1) is 0 Å². The fourth-order valence-corrected chi connectivity index (χ4v) is 2.37.